The van der Waals surface area contributed by atoms with Gasteiger partial charge in [-0.25, -0.2) is 0 Å². The summed E-state index contributed by atoms with van der Waals surface area (Å²) in [5.41, 5.74) is 5.71. The van der Waals surface area contributed by atoms with Crippen LogP contribution < -0.4 is 5.73 Å². The minimum absolute atomic E-state index is 0. The Morgan fingerprint density at radius 2 is 1.94 bits per heavy atom. The summed E-state index contributed by atoms with van der Waals surface area (Å²) in [7, 11) is 1.86. The van der Waals surface area contributed by atoms with E-state index in [9.17, 15) is 4.79 Å². The number of nitrogens with two attached hydrogens (primary N) is 1. The first-order valence-corrected chi connectivity index (χ1v) is 6.12. The molecule has 0 rings (SSSR count). The summed E-state index contributed by atoms with van der Waals surface area (Å²) in [5, 5.41) is 0. The Labute approximate surface area is 112 Å². The highest BCUT2D eigenvalue weighted by molar-refractivity contribution is 5.85. The van der Waals surface area contributed by atoms with Gasteiger partial charge in [0.1, 0.15) is 0 Å². The number of nitrogens with zero attached hydrogens (tertiary/aromatic N) is 1. The lowest BCUT2D eigenvalue weighted by atomic mass is 10.0. The standard InChI is InChI=1S/C13H26N2O.ClH/c1-5-6-7-8-9-10-15(4)13(16)11(2)12(3)14;/h5,11-12H,1,6-10,14H2,2-4H3;1H. The fraction of sp³-hybridized carbons (Fsp3) is 0.769. The molecule has 3 nitrogen and oxygen atoms in total. The summed E-state index contributed by atoms with van der Waals surface area (Å²) in [6.07, 6.45) is 6.37. The molecule has 2 unspecified atom stereocenters. The first-order chi connectivity index (χ1) is 7.50. The van der Waals surface area contributed by atoms with Gasteiger partial charge in [-0.15, -0.1) is 19.0 Å². The van der Waals surface area contributed by atoms with E-state index in [0.717, 1.165) is 32.2 Å². The van der Waals surface area contributed by atoms with E-state index < -0.39 is 0 Å². The molecule has 0 spiro atoms. The maximum atomic E-state index is 11.8. The van der Waals surface area contributed by atoms with E-state index in [0.29, 0.717) is 0 Å². The summed E-state index contributed by atoms with van der Waals surface area (Å²) in [4.78, 5) is 13.6. The van der Waals surface area contributed by atoms with Crippen LogP contribution in [0.2, 0.25) is 0 Å². The van der Waals surface area contributed by atoms with Gasteiger partial charge >= 0.3 is 0 Å². The normalized spacial score (nSPS) is 13.4. The molecule has 0 fully saturated rings. The number of carbonyl (C=O) groups is 1. The summed E-state index contributed by atoms with van der Waals surface area (Å²) < 4.78 is 0. The third-order valence-corrected chi connectivity index (χ3v) is 2.96. The lowest BCUT2D eigenvalue weighted by Crippen LogP contribution is -2.40. The molecule has 1 amide bonds. The number of unbranched alkanes of at least 4 members (excludes halogenated alkanes) is 3. The Hall–Kier alpha value is -0.540. The third-order valence-electron chi connectivity index (χ3n) is 2.96. The molecule has 0 saturated carbocycles. The molecule has 0 heterocycles. The van der Waals surface area contributed by atoms with E-state index >= 15 is 0 Å². The van der Waals surface area contributed by atoms with Gasteiger partial charge in [-0.3, -0.25) is 4.79 Å². The van der Waals surface area contributed by atoms with Crippen LogP contribution >= 0.6 is 12.4 Å². The summed E-state index contributed by atoms with van der Waals surface area (Å²) in [6, 6.07) is -0.0734. The van der Waals surface area contributed by atoms with E-state index in [1.165, 1.54) is 0 Å². The second-order valence-electron chi connectivity index (χ2n) is 4.55. The molecule has 0 aliphatic carbocycles. The van der Waals surface area contributed by atoms with E-state index in [4.69, 9.17) is 5.73 Å². The first kappa shape index (κ1) is 18.8. The molecule has 0 aliphatic heterocycles. The zero-order chi connectivity index (χ0) is 12.6. The zero-order valence-electron chi connectivity index (χ0n) is 11.3. The smallest absolute Gasteiger partial charge is 0.226 e. The van der Waals surface area contributed by atoms with Crippen molar-refractivity contribution in [2.45, 2.75) is 45.6 Å². The van der Waals surface area contributed by atoms with Crippen LogP contribution in [0.4, 0.5) is 0 Å². The molecular formula is C13H27ClN2O. The van der Waals surface area contributed by atoms with Crippen LogP contribution in [-0.4, -0.2) is 30.4 Å². The van der Waals surface area contributed by atoms with Crippen molar-refractivity contribution >= 4 is 18.3 Å². The van der Waals surface area contributed by atoms with Crippen LogP contribution in [-0.2, 0) is 4.79 Å². The van der Waals surface area contributed by atoms with Gasteiger partial charge < -0.3 is 10.6 Å². The number of allylic oxidation sites excluding steroid dienone is 1. The predicted octanol–water partition coefficient (Wildman–Crippen LogP) is 2.60. The highest BCUT2D eigenvalue weighted by Gasteiger charge is 2.20. The van der Waals surface area contributed by atoms with Crippen LogP contribution in [0.25, 0.3) is 0 Å². The van der Waals surface area contributed by atoms with E-state index in [-0.39, 0.29) is 30.3 Å². The number of hydrogen-bond donors (Lipinski definition) is 1. The molecule has 102 valence electrons. The fourth-order valence-electron chi connectivity index (χ4n) is 1.50. The summed E-state index contributed by atoms with van der Waals surface area (Å²) in [6.45, 7) is 8.28. The Morgan fingerprint density at radius 3 is 2.41 bits per heavy atom. The van der Waals surface area contributed by atoms with Gasteiger partial charge in [-0.2, -0.15) is 0 Å². The van der Waals surface area contributed by atoms with Gasteiger partial charge in [0, 0.05) is 19.6 Å². The Kier molecular flexibility index (Phi) is 11.7. The summed E-state index contributed by atoms with van der Waals surface area (Å²) in [5.74, 6) is 0.0666. The van der Waals surface area contributed by atoms with Crippen molar-refractivity contribution in [3.63, 3.8) is 0 Å². The average Bonchev–Trinajstić information content (AvgIpc) is 2.26. The Balaban J connectivity index is 0. The maximum Gasteiger partial charge on any atom is 0.226 e. The third kappa shape index (κ3) is 8.22. The van der Waals surface area contributed by atoms with E-state index in [2.05, 4.69) is 6.58 Å². The van der Waals surface area contributed by atoms with Crippen molar-refractivity contribution < 1.29 is 4.79 Å². The number of carbonyl (C=O) groups excluding carboxylic acids is 1. The zero-order valence-corrected chi connectivity index (χ0v) is 12.1. The molecule has 17 heavy (non-hydrogen) atoms. The van der Waals surface area contributed by atoms with Crippen molar-refractivity contribution in [1.29, 1.82) is 0 Å². The lowest BCUT2D eigenvalue weighted by molar-refractivity contribution is -0.134. The van der Waals surface area contributed by atoms with Gasteiger partial charge in [0.05, 0.1) is 5.92 Å². The predicted molar refractivity (Wildman–Crippen MR) is 76.4 cm³/mol. The topological polar surface area (TPSA) is 46.3 Å². The van der Waals surface area contributed by atoms with Crippen molar-refractivity contribution in [3.8, 4) is 0 Å². The molecule has 0 saturated heterocycles. The van der Waals surface area contributed by atoms with Crippen molar-refractivity contribution in [1.82, 2.24) is 4.90 Å². The molecule has 0 aromatic rings. The molecule has 0 aromatic carbocycles. The second kappa shape index (κ2) is 10.6. The highest BCUT2D eigenvalue weighted by atomic mass is 35.5. The largest absolute Gasteiger partial charge is 0.345 e. The van der Waals surface area contributed by atoms with Crippen LogP contribution in [0.5, 0.6) is 0 Å². The Morgan fingerprint density at radius 1 is 1.35 bits per heavy atom. The summed E-state index contributed by atoms with van der Waals surface area (Å²) >= 11 is 0. The quantitative estimate of drug-likeness (QED) is 0.540. The number of halogens is 1. The van der Waals surface area contributed by atoms with Crippen LogP contribution in [0.1, 0.15) is 39.5 Å². The average molecular weight is 263 g/mol. The molecule has 2 N–H and O–H groups in total. The lowest BCUT2D eigenvalue weighted by Gasteiger charge is -2.23. The van der Waals surface area contributed by atoms with E-state index in [1.807, 2.05) is 27.0 Å². The monoisotopic (exact) mass is 262 g/mol. The second-order valence-corrected chi connectivity index (χ2v) is 4.55. The SMILES string of the molecule is C=CCCCCCN(C)C(=O)C(C)C(C)N.Cl. The molecule has 2 atom stereocenters. The number of rotatable bonds is 8. The molecule has 0 radical (unpaired) electrons. The maximum absolute atomic E-state index is 11.8. The molecule has 0 aromatic heterocycles. The van der Waals surface area contributed by atoms with Crippen LogP contribution in [0.15, 0.2) is 12.7 Å². The molecule has 0 aliphatic rings. The van der Waals surface area contributed by atoms with Crippen LogP contribution in [0.3, 0.4) is 0 Å². The number of hydrogen-bond acceptors (Lipinski definition) is 2. The van der Waals surface area contributed by atoms with Crippen molar-refractivity contribution in [3.05, 3.63) is 12.7 Å². The van der Waals surface area contributed by atoms with Gasteiger partial charge in [-0.1, -0.05) is 19.4 Å². The van der Waals surface area contributed by atoms with Crippen LogP contribution in [0, 0.1) is 5.92 Å². The molecule has 0 bridgehead atoms. The number of amides is 1. The van der Waals surface area contributed by atoms with Gasteiger partial charge in [0.15, 0.2) is 0 Å². The van der Waals surface area contributed by atoms with Crippen molar-refractivity contribution in [2.75, 3.05) is 13.6 Å². The highest BCUT2D eigenvalue weighted by Crippen LogP contribution is 2.07. The minimum Gasteiger partial charge on any atom is -0.345 e. The minimum atomic E-state index is -0.0850. The molecular weight excluding hydrogens is 236 g/mol. The fourth-order valence-corrected chi connectivity index (χ4v) is 1.50. The van der Waals surface area contributed by atoms with Gasteiger partial charge in [0.25, 0.3) is 0 Å². The van der Waals surface area contributed by atoms with Crippen molar-refractivity contribution in [2.24, 2.45) is 11.7 Å². The van der Waals surface area contributed by atoms with Gasteiger partial charge in [0.2, 0.25) is 5.91 Å². The Bertz CT molecular complexity index is 219. The molecule has 4 heteroatoms. The first-order valence-electron chi connectivity index (χ1n) is 6.12. The van der Waals surface area contributed by atoms with Gasteiger partial charge in [-0.05, 0) is 26.2 Å². The van der Waals surface area contributed by atoms with E-state index in [1.54, 1.807) is 4.90 Å².